The van der Waals surface area contributed by atoms with Gasteiger partial charge in [0, 0.05) is 6.04 Å². The van der Waals surface area contributed by atoms with Gasteiger partial charge >= 0.3 is 0 Å². The summed E-state index contributed by atoms with van der Waals surface area (Å²) in [6, 6.07) is 2.23. The minimum absolute atomic E-state index is 0.0933. The maximum Gasteiger partial charge on any atom is 0.224 e. The van der Waals surface area contributed by atoms with Crippen LogP contribution < -0.4 is 5.32 Å². The Morgan fingerprint density at radius 3 is 3.08 bits per heavy atom. The fourth-order valence-corrected chi connectivity index (χ4v) is 1.36. The highest BCUT2D eigenvalue weighted by Crippen LogP contribution is 2.28. The van der Waals surface area contributed by atoms with Crippen LogP contribution in [0.25, 0.3) is 0 Å². The molecule has 1 aliphatic rings. The molecule has 0 aliphatic heterocycles. The van der Waals surface area contributed by atoms with Gasteiger partial charge in [-0.15, -0.1) is 0 Å². The number of carbonyl (C=O) groups excluding carboxylic acids is 1. The largest absolute Gasteiger partial charge is 0.472 e. The maximum atomic E-state index is 11.4. The van der Waals surface area contributed by atoms with Crippen molar-refractivity contribution < 1.29 is 9.21 Å². The Balaban J connectivity index is 1.79. The summed E-state index contributed by atoms with van der Waals surface area (Å²) < 4.78 is 4.88. The molecule has 1 saturated carbocycles. The van der Waals surface area contributed by atoms with Crippen molar-refractivity contribution in [3.63, 3.8) is 0 Å². The quantitative estimate of drug-likeness (QED) is 0.761. The van der Waals surface area contributed by atoms with Crippen molar-refractivity contribution in [2.45, 2.75) is 25.8 Å². The lowest BCUT2D eigenvalue weighted by Crippen LogP contribution is -2.27. The number of amides is 1. The summed E-state index contributed by atoms with van der Waals surface area (Å²) in [7, 11) is 0. The lowest BCUT2D eigenvalue weighted by atomic mass is 10.2. The molecule has 1 heterocycles. The van der Waals surface area contributed by atoms with Crippen LogP contribution in [-0.4, -0.2) is 11.9 Å². The van der Waals surface area contributed by atoms with E-state index in [0.717, 1.165) is 12.0 Å². The molecule has 0 unspecified atom stereocenters. The van der Waals surface area contributed by atoms with Gasteiger partial charge < -0.3 is 9.73 Å². The molecular formula is C10H13NO2. The van der Waals surface area contributed by atoms with Crippen molar-refractivity contribution in [2.24, 2.45) is 5.92 Å². The highest BCUT2D eigenvalue weighted by molar-refractivity contribution is 5.79. The third kappa shape index (κ3) is 2.11. The van der Waals surface area contributed by atoms with Crippen LogP contribution >= 0.6 is 0 Å². The molecule has 1 amide bonds. The summed E-state index contributed by atoms with van der Waals surface area (Å²) in [5.41, 5.74) is 0.936. The molecule has 3 nitrogen and oxygen atoms in total. The molecule has 0 saturated heterocycles. The summed E-state index contributed by atoms with van der Waals surface area (Å²) in [6.45, 7) is 2.14. The first-order valence-electron chi connectivity index (χ1n) is 4.56. The van der Waals surface area contributed by atoms with E-state index < -0.39 is 0 Å². The topological polar surface area (TPSA) is 42.2 Å². The van der Waals surface area contributed by atoms with E-state index >= 15 is 0 Å². The standard InChI is InChI=1S/C10H13NO2/c1-7-4-9(7)11-10(12)5-8-2-3-13-6-8/h2-3,6-7,9H,4-5H2,1H3,(H,11,12)/t7-,9-/m1/s1. The van der Waals surface area contributed by atoms with Gasteiger partial charge in [-0.2, -0.15) is 0 Å². The third-order valence-electron chi connectivity index (χ3n) is 2.40. The lowest BCUT2D eigenvalue weighted by Gasteiger charge is -2.00. The average Bonchev–Trinajstić information content (AvgIpc) is 2.61. The van der Waals surface area contributed by atoms with Crippen LogP contribution in [0, 0.1) is 5.92 Å². The summed E-state index contributed by atoms with van der Waals surface area (Å²) in [5.74, 6) is 0.754. The Hall–Kier alpha value is -1.25. The van der Waals surface area contributed by atoms with E-state index in [1.807, 2.05) is 6.07 Å². The first-order chi connectivity index (χ1) is 6.25. The number of rotatable bonds is 3. The Labute approximate surface area is 77.1 Å². The highest BCUT2D eigenvalue weighted by atomic mass is 16.3. The smallest absolute Gasteiger partial charge is 0.224 e. The fraction of sp³-hybridized carbons (Fsp3) is 0.500. The molecule has 2 rings (SSSR count). The molecule has 1 aromatic rings. The molecule has 1 N–H and O–H groups in total. The predicted octanol–water partition coefficient (Wildman–Crippen LogP) is 1.35. The Kier molecular flexibility index (Phi) is 2.08. The second kappa shape index (κ2) is 3.24. The number of nitrogens with one attached hydrogen (secondary N) is 1. The van der Waals surface area contributed by atoms with Gasteiger partial charge in [0.15, 0.2) is 0 Å². The van der Waals surface area contributed by atoms with Crippen molar-refractivity contribution in [2.75, 3.05) is 0 Å². The minimum Gasteiger partial charge on any atom is -0.472 e. The van der Waals surface area contributed by atoms with Crippen molar-refractivity contribution in [3.05, 3.63) is 24.2 Å². The van der Waals surface area contributed by atoms with Crippen LogP contribution in [0.3, 0.4) is 0 Å². The van der Waals surface area contributed by atoms with Crippen LogP contribution in [0.1, 0.15) is 18.9 Å². The molecular weight excluding hydrogens is 166 g/mol. The van der Waals surface area contributed by atoms with Crippen LogP contribution in [0.5, 0.6) is 0 Å². The second-order valence-corrected chi connectivity index (χ2v) is 3.70. The molecule has 3 heteroatoms. The zero-order valence-corrected chi connectivity index (χ0v) is 7.62. The van der Waals surface area contributed by atoms with Gasteiger partial charge in [0.25, 0.3) is 0 Å². The van der Waals surface area contributed by atoms with Crippen molar-refractivity contribution in [3.8, 4) is 0 Å². The van der Waals surface area contributed by atoms with E-state index in [-0.39, 0.29) is 5.91 Å². The zero-order valence-electron chi connectivity index (χ0n) is 7.62. The van der Waals surface area contributed by atoms with Gasteiger partial charge in [0.2, 0.25) is 5.91 Å². The average molecular weight is 179 g/mol. The predicted molar refractivity (Wildman–Crippen MR) is 48.1 cm³/mol. The van der Waals surface area contributed by atoms with E-state index in [1.54, 1.807) is 12.5 Å². The van der Waals surface area contributed by atoms with Crippen LogP contribution in [0.15, 0.2) is 23.0 Å². The van der Waals surface area contributed by atoms with Gasteiger partial charge in [-0.1, -0.05) is 6.92 Å². The van der Waals surface area contributed by atoms with Crippen molar-refractivity contribution in [1.29, 1.82) is 0 Å². The second-order valence-electron chi connectivity index (χ2n) is 3.70. The summed E-state index contributed by atoms with van der Waals surface area (Å²) in [4.78, 5) is 11.4. The summed E-state index contributed by atoms with van der Waals surface area (Å²) >= 11 is 0. The molecule has 1 aromatic heterocycles. The Morgan fingerprint density at radius 1 is 1.77 bits per heavy atom. The number of furan rings is 1. The van der Waals surface area contributed by atoms with Crippen molar-refractivity contribution >= 4 is 5.91 Å². The Morgan fingerprint density at radius 2 is 2.54 bits per heavy atom. The molecule has 0 aromatic carbocycles. The van der Waals surface area contributed by atoms with Gasteiger partial charge in [0.1, 0.15) is 0 Å². The Bertz CT molecular complexity index is 292. The fourth-order valence-electron chi connectivity index (χ4n) is 1.36. The first-order valence-corrected chi connectivity index (χ1v) is 4.56. The number of carbonyl (C=O) groups is 1. The molecule has 0 spiro atoms. The van der Waals surface area contributed by atoms with E-state index in [2.05, 4.69) is 12.2 Å². The molecule has 70 valence electrons. The lowest BCUT2D eigenvalue weighted by molar-refractivity contribution is -0.120. The van der Waals surface area contributed by atoms with Crippen molar-refractivity contribution in [1.82, 2.24) is 5.32 Å². The van der Waals surface area contributed by atoms with Crippen LogP contribution in [0.2, 0.25) is 0 Å². The minimum atomic E-state index is 0.0933. The molecule has 0 bridgehead atoms. The SMILES string of the molecule is C[C@@H]1C[C@H]1NC(=O)Cc1ccoc1. The van der Waals surface area contributed by atoms with Gasteiger partial charge in [-0.3, -0.25) is 4.79 Å². The molecule has 13 heavy (non-hydrogen) atoms. The number of hydrogen-bond acceptors (Lipinski definition) is 2. The van der Waals surface area contributed by atoms with Gasteiger partial charge in [-0.05, 0) is 24.0 Å². The first kappa shape index (κ1) is 8.35. The van der Waals surface area contributed by atoms with Gasteiger partial charge in [0.05, 0.1) is 18.9 Å². The monoisotopic (exact) mass is 179 g/mol. The van der Waals surface area contributed by atoms with Crippen LogP contribution in [0.4, 0.5) is 0 Å². The molecule has 1 fully saturated rings. The third-order valence-corrected chi connectivity index (χ3v) is 2.40. The maximum absolute atomic E-state index is 11.4. The van der Waals surface area contributed by atoms with E-state index in [1.165, 1.54) is 0 Å². The number of hydrogen-bond donors (Lipinski definition) is 1. The molecule has 1 aliphatic carbocycles. The highest BCUT2D eigenvalue weighted by Gasteiger charge is 2.33. The van der Waals surface area contributed by atoms with E-state index in [0.29, 0.717) is 18.4 Å². The molecule has 0 radical (unpaired) electrons. The summed E-state index contributed by atoms with van der Waals surface area (Å²) in [5, 5.41) is 2.96. The van der Waals surface area contributed by atoms with Gasteiger partial charge in [-0.25, -0.2) is 0 Å². The van der Waals surface area contributed by atoms with Crippen LogP contribution in [-0.2, 0) is 11.2 Å². The molecule has 2 atom stereocenters. The van der Waals surface area contributed by atoms with E-state index in [9.17, 15) is 4.79 Å². The summed E-state index contributed by atoms with van der Waals surface area (Å²) in [6.07, 6.45) is 4.75. The van der Waals surface area contributed by atoms with E-state index in [4.69, 9.17) is 4.42 Å². The zero-order chi connectivity index (χ0) is 9.26. The normalized spacial score (nSPS) is 25.6.